The Bertz CT molecular complexity index is 1170. The first-order chi connectivity index (χ1) is 14.2. The van der Waals surface area contributed by atoms with Gasteiger partial charge in [-0.3, -0.25) is 4.79 Å². The van der Waals surface area contributed by atoms with Crippen molar-refractivity contribution in [2.24, 2.45) is 0 Å². The normalized spacial score (nSPS) is 10.7. The van der Waals surface area contributed by atoms with Gasteiger partial charge in [-0.2, -0.15) is 0 Å². The summed E-state index contributed by atoms with van der Waals surface area (Å²) in [6, 6.07) is 23.1. The zero-order valence-corrected chi connectivity index (χ0v) is 15.9. The van der Waals surface area contributed by atoms with Gasteiger partial charge in [-0.1, -0.05) is 36.4 Å². The molecular formula is C24H19FN2O2. The van der Waals surface area contributed by atoms with Crippen molar-refractivity contribution in [3.63, 3.8) is 0 Å². The molecule has 0 aliphatic carbocycles. The van der Waals surface area contributed by atoms with Gasteiger partial charge < -0.3 is 10.1 Å². The number of nitrogens with one attached hydrogen (secondary N) is 1. The van der Waals surface area contributed by atoms with E-state index in [2.05, 4.69) is 5.32 Å². The van der Waals surface area contributed by atoms with Crippen molar-refractivity contribution in [1.82, 2.24) is 10.3 Å². The minimum absolute atomic E-state index is 0.111. The Morgan fingerprint density at radius 3 is 2.48 bits per heavy atom. The van der Waals surface area contributed by atoms with E-state index in [1.807, 2.05) is 48.5 Å². The molecule has 29 heavy (non-hydrogen) atoms. The van der Waals surface area contributed by atoms with E-state index in [4.69, 9.17) is 9.72 Å². The molecule has 0 fully saturated rings. The van der Waals surface area contributed by atoms with Gasteiger partial charge in [0.15, 0.2) is 0 Å². The molecule has 3 aromatic carbocycles. The number of para-hydroxylation sites is 1. The zero-order valence-electron chi connectivity index (χ0n) is 15.9. The fourth-order valence-corrected chi connectivity index (χ4v) is 3.19. The molecule has 0 aliphatic heterocycles. The maximum Gasteiger partial charge on any atom is 0.252 e. The van der Waals surface area contributed by atoms with Crippen LogP contribution in [0.15, 0.2) is 78.9 Å². The zero-order chi connectivity index (χ0) is 20.2. The second-order valence-corrected chi connectivity index (χ2v) is 6.57. The Kier molecular flexibility index (Phi) is 5.20. The first-order valence-electron chi connectivity index (χ1n) is 9.21. The number of hydrogen-bond acceptors (Lipinski definition) is 3. The van der Waals surface area contributed by atoms with Crippen molar-refractivity contribution in [3.8, 4) is 17.0 Å². The van der Waals surface area contributed by atoms with Crippen molar-refractivity contribution < 1.29 is 13.9 Å². The number of methoxy groups -OCH3 is 1. The topological polar surface area (TPSA) is 51.2 Å². The second-order valence-electron chi connectivity index (χ2n) is 6.57. The number of nitrogens with zero attached hydrogens (tertiary/aromatic N) is 1. The Balaban J connectivity index is 1.70. The number of amides is 1. The van der Waals surface area contributed by atoms with E-state index in [1.165, 1.54) is 6.07 Å². The number of carbonyl (C=O) groups excluding carboxylic acids is 1. The van der Waals surface area contributed by atoms with Crippen LogP contribution in [-0.2, 0) is 6.54 Å². The second kappa shape index (κ2) is 8.10. The predicted octanol–water partition coefficient (Wildman–Crippen LogP) is 4.98. The van der Waals surface area contributed by atoms with Crippen LogP contribution in [0.5, 0.6) is 5.75 Å². The maximum atomic E-state index is 13.9. The predicted molar refractivity (Wildman–Crippen MR) is 111 cm³/mol. The highest BCUT2D eigenvalue weighted by Crippen LogP contribution is 2.26. The first kappa shape index (κ1) is 18.6. The van der Waals surface area contributed by atoms with Crippen molar-refractivity contribution in [1.29, 1.82) is 0 Å². The highest BCUT2D eigenvalue weighted by atomic mass is 19.1. The number of aromatic nitrogens is 1. The van der Waals surface area contributed by atoms with Gasteiger partial charge in [0.25, 0.3) is 5.91 Å². The summed E-state index contributed by atoms with van der Waals surface area (Å²) in [4.78, 5) is 17.6. The van der Waals surface area contributed by atoms with Crippen LogP contribution in [0.2, 0.25) is 0 Å². The summed E-state index contributed by atoms with van der Waals surface area (Å²) in [5.41, 5.74) is 3.21. The number of halogens is 1. The molecule has 1 amide bonds. The molecule has 1 heterocycles. The molecule has 0 saturated carbocycles. The van der Waals surface area contributed by atoms with Crippen LogP contribution >= 0.6 is 0 Å². The molecule has 0 unspecified atom stereocenters. The quantitative estimate of drug-likeness (QED) is 0.526. The Labute approximate surface area is 168 Å². The average molecular weight is 386 g/mol. The highest BCUT2D eigenvalue weighted by Gasteiger charge is 2.14. The first-order valence-corrected chi connectivity index (χ1v) is 9.21. The monoisotopic (exact) mass is 386 g/mol. The van der Waals surface area contributed by atoms with Crippen LogP contribution in [0, 0.1) is 5.82 Å². The molecular weight excluding hydrogens is 367 g/mol. The van der Waals surface area contributed by atoms with Crippen molar-refractivity contribution in [2.45, 2.75) is 6.54 Å². The Hall–Kier alpha value is -3.73. The van der Waals surface area contributed by atoms with Gasteiger partial charge in [0.1, 0.15) is 11.6 Å². The molecule has 1 N–H and O–H groups in total. The van der Waals surface area contributed by atoms with Gasteiger partial charge >= 0.3 is 0 Å². The van der Waals surface area contributed by atoms with E-state index in [9.17, 15) is 9.18 Å². The third kappa shape index (κ3) is 3.94. The van der Waals surface area contributed by atoms with Gasteiger partial charge in [0, 0.05) is 23.1 Å². The lowest BCUT2D eigenvalue weighted by Crippen LogP contribution is -2.23. The average Bonchev–Trinajstić information content (AvgIpc) is 2.77. The standard InChI is InChI=1S/C24H19FN2O2/c1-29-18-12-10-16(11-13-18)23-14-20(19-7-3-5-9-22(19)27-23)24(28)26-15-17-6-2-4-8-21(17)25/h2-14H,15H2,1H3,(H,26,28). The summed E-state index contributed by atoms with van der Waals surface area (Å²) in [6.07, 6.45) is 0. The highest BCUT2D eigenvalue weighted by molar-refractivity contribution is 6.07. The van der Waals surface area contributed by atoms with Crippen molar-refractivity contribution in [2.75, 3.05) is 7.11 Å². The van der Waals surface area contributed by atoms with Crippen LogP contribution < -0.4 is 10.1 Å². The van der Waals surface area contributed by atoms with E-state index in [1.54, 1.807) is 31.4 Å². The minimum Gasteiger partial charge on any atom is -0.497 e. The van der Waals surface area contributed by atoms with E-state index < -0.39 is 0 Å². The SMILES string of the molecule is COc1ccc(-c2cc(C(=O)NCc3ccccc3F)c3ccccc3n2)cc1. The van der Waals surface area contributed by atoms with Crippen LogP contribution in [0.25, 0.3) is 22.2 Å². The lowest BCUT2D eigenvalue weighted by molar-refractivity contribution is 0.0952. The van der Waals surface area contributed by atoms with Crippen LogP contribution in [0.1, 0.15) is 15.9 Å². The number of ether oxygens (including phenoxy) is 1. The maximum absolute atomic E-state index is 13.9. The molecule has 4 aromatic rings. The summed E-state index contributed by atoms with van der Waals surface area (Å²) in [5.74, 6) is 0.130. The molecule has 0 aliphatic rings. The van der Waals surface area contributed by atoms with E-state index in [0.29, 0.717) is 16.8 Å². The third-order valence-electron chi connectivity index (χ3n) is 4.74. The molecule has 4 rings (SSSR count). The molecule has 1 aromatic heterocycles. The molecule has 4 nitrogen and oxygen atoms in total. The number of fused-ring (bicyclic) bond motifs is 1. The Morgan fingerprint density at radius 2 is 1.72 bits per heavy atom. The summed E-state index contributed by atoms with van der Waals surface area (Å²) in [6.45, 7) is 0.111. The lowest BCUT2D eigenvalue weighted by atomic mass is 10.0. The molecule has 0 saturated heterocycles. The van der Waals surface area contributed by atoms with Crippen LogP contribution in [0.3, 0.4) is 0 Å². The summed E-state index contributed by atoms with van der Waals surface area (Å²) < 4.78 is 19.1. The fourth-order valence-electron chi connectivity index (χ4n) is 3.19. The van der Waals surface area contributed by atoms with Gasteiger partial charge in [-0.05, 0) is 42.5 Å². The molecule has 0 radical (unpaired) electrons. The largest absolute Gasteiger partial charge is 0.497 e. The third-order valence-corrected chi connectivity index (χ3v) is 4.74. The lowest BCUT2D eigenvalue weighted by Gasteiger charge is -2.11. The van der Waals surface area contributed by atoms with Gasteiger partial charge in [0.2, 0.25) is 0 Å². The van der Waals surface area contributed by atoms with Crippen LogP contribution in [0.4, 0.5) is 4.39 Å². The Morgan fingerprint density at radius 1 is 1.00 bits per heavy atom. The number of hydrogen-bond donors (Lipinski definition) is 1. The number of rotatable bonds is 5. The molecule has 144 valence electrons. The van der Waals surface area contributed by atoms with E-state index in [-0.39, 0.29) is 18.3 Å². The minimum atomic E-state index is -0.341. The molecule has 0 atom stereocenters. The number of pyridine rings is 1. The van der Waals surface area contributed by atoms with Crippen molar-refractivity contribution in [3.05, 3.63) is 95.8 Å². The van der Waals surface area contributed by atoms with E-state index in [0.717, 1.165) is 22.2 Å². The van der Waals surface area contributed by atoms with Gasteiger partial charge in [-0.25, -0.2) is 9.37 Å². The summed E-state index contributed by atoms with van der Waals surface area (Å²) in [7, 11) is 1.61. The number of benzene rings is 3. The smallest absolute Gasteiger partial charge is 0.252 e. The van der Waals surface area contributed by atoms with Gasteiger partial charge in [-0.15, -0.1) is 0 Å². The summed E-state index contributed by atoms with van der Waals surface area (Å²) in [5, 5.41) is 3.56. The molecule has 0 bridgehead atoms. The van der Waals surface area contributed by atoms with Crippen LogP contribution in [-0.4, -0.2) is 18.0 Å². The van der Waals surface area contributed by atoms with E-state index >= 15 is 0 Å². The molecule has 0 spiro atoms. The summed E-state index contributed by atoms with van der Waals surface area (Å²) >= 11 is 0. The fraction of sp³-hybridized carbons (Fsp3) is 0.0833. The van der Waals surface area contributed by atoms with Crippen molar-refractivity contribution >= 4 is 16.8 Å². The number of carbonyl (C=O) groups is 1. The molecule has 5 heteroatoms. The van der Waals surface area contributed by atoms with Gasteiger partial charge in [0.05, 0.1) is 23.9 Å².